The fourth-order valence-corrected chi connectivity index (χ4v) is 4.31. The van der Waals surface area contributed by atoms with Crippen molar-refractivity contribution >= 4 is 29.7 Å². The van der Waals surface area contributed by atoms with Crippen molar-refractivity contribution in [1.29, 1.82) is 0 Å². The lowest BCUT2D eigenvalue weighted by Crippen LogP contribution is -2.34. The Bertz CT molecular complexity index is 1230. The second-order valence-electron chi connectivity index (χ2n) is 9.62. The largest absolute Gasteiger partial charge is 0.481 e. The van der Waals surface area contributed by atoms with Crippen LogP contribution in [0.3, 0.4) is 0 Å². The molecule has 200 valence electrons. The topological polar surface area (TPSA) is 88.5 Å². The molecular weight excluding hydrogens is 476 g/mol. The number of ether oxygens (including phenoxy) is 1. The fourth-order valence-electron chi connectivity index (χ4n) is 4.31. The highest BCUT2D eigenvalue weighted by molar-refractivity contribution is 5.94. The zero-order valence-corrected chi connectivity index (χ0v) is 22.6. The van der Waals surface area contributed by atoms with Gasteiger partial charge in [-0.25, -0.2) is 4.98 Å². The van der Waals surface area contributed by atoms with Gasteiger partial charge in [0.25, 0.3) is 0 Å². The number of nitrogens with one attached hydrogen (secondary N) is 1. The van der Waals surface area contributed by atoms with Crippen molar-refractivity contribution in [3.63, 3.8) is 0 Å². The number of carboxylic acids is 1. The van der Waals surface area contributed by atoms with Gasteiger partial charge >= 0.3 is 5.97 Å². The Labute approximate surface area is 225 Å². The van der Waals surface area contributed by atoms with Crippen molar-refractivity contribution in [2.75, 3.05) is 11.9 Å². The normalized spacial score (nSPS) is 11.4. The van der Waals surface area contributed by atoms with Crippen LogP contribution in [0.1, 0.15) is 68.3 Å². The van der Waals surface area contributed by atoms with Gasteiger partial charge in [-0.1, -0.05) is 68.5 Å². The third-order valence-electron chi connectivity index (χ3n) is 6.97. The maximum absolute atomic E-state index is 12.6. The van der Waals surface area contributed by atoms with Gasteiger partial charge in [0.05, 0.1) is 17.7 Å². The van der Waals surface area contributed by atoms with Gasteiger partial charge in [-0.3, -0.25) is 9.59 Å². The average Bonchev–Trinajstić information content (AvgIpc) is 2.92. The predicted molar refractivity (Wildman–Crippen MR) is 153 cm³/mol. The van der Waals surface area contributed by atoms with Gasteiger partial charge in [-0.15, -0.1) is 0 Å². The van der Waals surface area contributed by atoms with Crippen LogP contribution < -0.4 is 10.1 Å². The van der Waals surface area contributed by atoms with Gasteiger partial charge in [0.2, 0.25) is 11.8 Å². The molecule has 0 radical (unpaired) electrons. The molecule has 1 amide bonds. The fraction of sp³-hybridized carbons (Fsp3) is 0.344. The summed E-state index contributed by atoms with van der Waals surface area (Å²) < 4.78 is 5.90. The van der Waals surface area contributed by atoms with Gasteiger partial charge in [0.15, 0.2) is 0 Å². The Balaban J connectivity index is 1.57. The Kier molecular flexibility index (Phi) is 10.6. The third-order valence-corrected chi connectivity index (χ3v) is 6.97. The van der Waals surface area contributed by atoms with E-state index in [1.807, 2.05) is 55.5 Å². The summed E-state index contributed by atoms with van der Waals surface area (Å²) in [6.07, 6.45) is 7.67. The number of hydrogen-bond acceptors (Lipinski definition) is 4. The summed E-state index contributed by atoms with van der Waals surface area (Å²) >= 11 is 0. The number of hydrogen-bond donors (Lipinski definition) is 2. The third kappa shape index (κ3) is 8.30. The number of nitrogens with zero attached hydrogens (tertiary/aromatic N) is 1. The van der Waals surface area contributed by atoms with E-state index in [0.29, 0.717) is 31.0 Å². The molecule has 6 heteroatoms. The molecule has 0 aliphatic heterocycles. The first-order valence-corrected chi connectivity index (χ1v) is 13.3. The van der Waals surface area contributed by atoms with Crippen LogP contribution in [0.2, 0.25) is 0 Å². The van der Waals surface area contributed by atoms with Gasteiger partial charge < -0.3 is 15.2 Å². The van der Waals surface area contributed by atoms with E-state index < -0.39 is 11.4 Å². The molecule has 0 saturated heterocycles. The summed E-state index contributed by atoms with van der Waals surface area (Å²) in [4.78, 5) is 29.0. The predicted octanol–water partition coefficient (Wildman–Crippen LogP) is 7.18. The minimum absolute atomic E-state index is 0.0580. The smallest absolute Gasteiger partial charge is 0.310 e. The van der Waals surface area contributed by atoms with Gasteiger partial charge in [0, 0.05) is 18.2 Å². The molecule has 6 nitrogen and oxygen atoms in total. The van der Waals surface area contributed by atoms with Crippen LogP contribution in [0.5, 0.6) is 5.88 Å². The number of pyridine rings is 1. The minimum Gasteiger partial charge on any atom is -0.481 e. The molecular formula is C32H38N2O4. The van der Waals surface area contributed by atoms with Crippen LogP contribution in [-0.4, -0.2) is 28.6 Å². The molecule has 0 spiro atoms. The Morgan fingerprint density at radius 3 is 2.45 bits per heavy atom. The average molecular weight is 515 g/mol. The lowest BCUT2D eigenvalue weighted by Gasteiger charge is -2.25. The van der Waals surface area contributed by atoms with Crippen LogP contribution in [0.25, 0.3) is 12.2 Å². The maximum atomic E-state index is 12.6. The highest BCUT2D eigenvalue weighted by atomic mass is 16.5. The molecule has 3 rings (SSSR count). The van der Waals surface area contributed by atoms with Crippen molar-refractivity contribution < 1.29 is 19.4 Å². The van der Waals surface area contributed by atoms with Gasteiger partial charge in [-0.2, -0.15) is 0 Å². The first kappa shape index (κ1) is 28.6. The molecule has 3 aromatic rings. The lowest BCUT2D eigenvalue weighted by molar-refractivity contribution is -0.151. The molecule has 0 fully saturated rings. The van der Waals surface area contributed by atoms with E-state index in [-0.39, 0.29) is 12.3 Å². The van der Waals surface area contributed by atoms with Crippen LogP contribution in [0.4, 0.5) is 5.69 Å². The van der Waals surface area contributed by atoms with Crippen molar-refractivity contribution in [1.82, 2.24) is 4.98 Å². The molecule has 1 heterocycles. The number of aryl methyl sites for hydroxylation is 2. The maximum Gasteiger partial charge on any atom is 0.310 e. The van der Waals surface area contributed by atoms with Crippen molar-refractivity contribution in [3.8, 4) is 5.88 Å². The summed E-state index contributed by atoms with van der Waals surface area (Å²) in [6.45, 7) is 6.23. The lowest BCUT2D eigenvalue weighted by atomic mass is 9.79. The number of carboxylic acid groups (broad SMARTS) is 1. The standard InChI is InChI=1S/C32H38N2O4/c1-4-32(5-2,31(36)37)23-29(35)33-27-16-11-15-26(22-27)18-19-28-24(3)17-20-30(34-28)38-21-10-9-14-25-12-7-6-8-13-25/h6-8,11-13,15-20,22H,4-5,9-10,14,21,23H2,1-3H3,(H,33,35)(H,36,37). The number of anilines is 1. The first-order chi connectivity index (χ1) is 18.3. The monoisotopic (exact) mass is 514 g/mol. The van der Waals surface area contributed by atoms with Crippen molar-refractivity contribution in [2.24, 2.45) is 5.41 Å². The molecule has 0 atom stereocenters. The number of unbranched alkanes of at least 4 members (excludes halogenated alkanes) is 1. The van der Waals surface area contributed by atoms with E-state index in [9.17, 15) is 14.7 Å². The van der Waals surface area contributed by atoms with Crippen molar-refractivity contribution in [3.05, 3.63) is 89.1 Å². The van der Waals surface area contributed by atoms with Crippen LogP contribution in [0, 0.1) is 12.3 Å². The second-order valence-corrected chi connectivity index (χ2v) is 9.62. The van der Waals surface area contributed by atoms with E-state index in [1.165, 1.54) is 5.56 Å². The SMILES string of the molecule is CCC(CC)(CC(=O)Nc1cccc(C=Cc2nc(OCCCCc3ccccc3)ccc2C)c1)C(=O)O. The molecule has 38 heavy (non-hydrogen) atoms. The van der Waals surface area contributed by atoms with Crippen LogP contribution >= 0.6 is 0 Å². The molecule has 1 aromatic heterocycles. The number of benzene rings is 2. The molecule has 0 aliphatic carbocycles. The summed E-state index contributed by atoms with van der Waals surface area (Å²) in [6, 6.07) is 21.8. The Morgan fingerprint density at radius 2 is 1.74 bits per heavy atom. The van der Waals surface area contributed by atoms with E-state index in [4.69, 9.17) is 4.74 Å². The first-order valence-electron chi connectivity index (χ1n) is 13.3. The van der Waals surface area contributed by atoms with Gasteiger partial charge in [-0.05, 0) is 73.9 Å². The highest BCUT2D eigenvalue weighted by Gasteiger charge is 2.37. The number of amides is 1. The second kappa shape index (κ2) is 14.1. The molecule has 2 N–H and O–H groups in total. The van der Waals surface area contributed by atoms with Crippen LogP contribution in [0.15, 0.2) is 66.7 Å². The summed E-state index contributed by atoms with van der Waals surface area (Å²) in [5.41, 5.74) is 3.67. The number of carbonyl (C=O) groups excluding carboxylic acids is 1. The zero-order chi connectivity index (χ0) is 27.4. The van der Waals surface area contributed by atoms with Crippen LogP contribution in [-0.2, 0) is 16.0 Å². The van der Waals surface area contributed by atoms with Gasteiger partial charge in [0.1, 0.15) is 0 Å². The molecule has 0 bridgehead atoms. The Hall–Kier alpha value is -3.93. The zero-order valence-electron chi connectivity index (χ0n) is 22.6. The highest BCUT2D eigenvalue weighted by Crippen LogP contribution is 2.31. The number of aliphatic carboxylic acids is 1. The minimum atomic E-state index is -1.04. The van der Waals surface area contributed by atoms with Crippen molar-refractivity contribution in [2.45, 2.75) is 59.3 Å². The quantitative estimate of drug-likeness (QED) is 0.222. The molecule has 2 aromatic carbocycles. The Morgan fingerprint density at radius 1 is 0.974 bits per heavy atom. The number of aromatic nitrogens is 1. The summed E-state index contributed by atoms with van der Waals surface area (Å²) in [5, 5.41) is 12.5. The molecule has 0 saturated carbocycles. The molecule has 0 aliphatic rings. The molecule has 0 unspecified atom stereocenters. The number of carbonyl (C=O) groups is 2. The van der Waals surface area contributed by atoms with E-state index in [1.54, 1.807) is 19.9 Å². The van der Waals surface area contributed by atoms with E-state index in [2.05, 4.69) is 34.6 Å². The van der Waals surface area contributed by atoms with E-state index >= 15 is 0 Å². The van der Waals surface area contributed by atoms with E-state index in [0.717, 1.165) is 36.1 Å². The number of rotatable bonds is 14. The summed E-state index contributed by atoms with van der Waals surface area (Å²) in [5.74, 6) is -0.635. The summed E-state index contributed by atoms with van der Waals surface area (Å²) in [7, 11) is 0.